The lowest BCUT2D eigenvalue weighted by Gasteiger charge is -2.19. The van der Waals surface area contributed by atoms with Crippen molar-refractivity contribution < 1.29 is 17.6 Å². The van der Waals surface area contributed by atoms with Gasteiger partial charge in [0.25, 0.3) is 0 Å². The van der Waals surface area contributed by atoms with Crippen molar-refractivity contribution in [3.05, 3.63) is 66.0 Å². The van der Waals surface area contributed by atoms with E-state index in [4.69, 9.17) is 0 Å². The number of para-hydroxylation sites is 1. The first-order valence-electron chi connectivity index (χ1n) is 9.69. The van der Waals surface area contributed by atoms with Gasteiger partial charge in [0.1, 0.15) is 5.82 Å². The van der Waals surface area contributed by atoms with Crippen LogP contribution in [0.2, 0.25) is 0 Å². The molecule has 0 spiro atoms. The molecule has 2 amide bonds. The van der Waals surface area contributed by atoms with Gasteiger partial charge in [0.15, 0.2) is 0 Å². The molecule has 0 aliphatic rings. The van der Waals surface area contributed by atoms with Crippen molar-refractivity contribution in [1.82, 2.24) is 10.0 Å². The number of nitrogens with zero attached hydrogens (tertiary/aromatic N) is 1. The monoisotopic (exact) mass is 444 g/mol. The summed E-state index contributed by atoms with van der Waals surface area (Å²) in [5.74, 6) is -0.554. The summed E-state index contributed by atoms with van der Waals surface area (Å²) in [4.78, 5) is 14.0. The van der Waals surface area contributed by atoms with E-state index in [0.717, 1.165) is 16.6 Å². The summed E-state index contributed by atoms with van der Waals surface area (Å²) in [5.41, 5.74) is 2.05. The van der Waals surface area contributed by atoms with Gasteiger partial charge >= 0.3 is 6.03 Å². The molecular formula is C22H25FN4O3S. The van der Waals surface area contributed by atoms with Crippen LogP contribution in [-0.4, -0.2) is 41.6 Å². The Kier molecular flexibility index (Phi) is 6.77. The molecule has 0 heterocycles. The van der Waals surface area contributed by atoms with Gasteiger partial charge < -0.3 is 15.5 Å². The molecule has 3 N–H and O–H groups in total. The Balaban J connectivity index is 1.68. The second kappa shape index (κ2) is 9.32. The summed E-state index contributed by atoms with van der Waals surface area (Å²) in [5, 5.41) is 6.34. The smallest absolute Gasteiger partial charge is 0.319 e. The molecule has 0 saturated carbocycles. The molecule has 3 aromatic carbocycles. The molecule has 3 aromatic rings. The molecule has 0 aliphatic heterocycles. The zero-order valence-corrected chi connectivity index (χ0v) is 18.4. The average molecular weight is 445 g/mol. The number of benzene rings is 3. The van der Waals surface area contributed by atoms with Gasteiger partial charge in [0, 0.05) is 43.6 Å². The first-order valence-corrected chi connectivity index (χ1v) is 11.2. The topological polar surface area (TPSA) is 90.5 Å². The summed E-state index contributed by atoms with van der Waals surface area (Å²) in [6.45, 7) is 1.99. The highest BCUT2D eigenvalue weighted by molar-refractivity contribution is 7.89. The lowest BCUT2D eigenvalue weighted by molar-refractivity contribution is 0.252. The minimum absolute atomic E-state index is 0.0180. The molecule has 31 heavy (non-hydrogen) atoms. The third-order valence-corrected chi connectivity index (χ3v) is 6.28. The number of urea groups is 1. The number of nitrogens with one attached hydrogen (secondary N) is 3. The number of sulfonamides is 1. The molecule has 0 unspecified atom stereocenters. The van der Waals surface area contributed by atoms with E-state index in [0.29, 0.717) is 5.39 Å². The average Bonchev–Trinajstić information content (AvgIpc) is 2.72. The van der Waals surface area contributed by atoms with Gasteiger partial charge in [-0.2, -0.15) is 0 Å². The van der Waals surface area contributed by atoms with Crippen LogP contribution in [0.5, 0.6) is 0 Å². The minimum Gasteiger partial charge on any atom is -0.377 e. The van der Waals surface area contributed by atoms with E-state index in [-0.39, 0.29) is 23.7 Å². The number of anilines is 2. The Morgan fingerprint density at radius 1 is 0.968 bits per heavy atom. The van der Waals surface area contributed by atoms with Gasteiger partial charge in [-0.25, -0.2) is 22.3 Å². The van der Waals surface area contributed by atoms with Gasteiger partial charge in [-0.1, -0.05) is 36.4 Å². The zero-order valence-electron chi connectivity index (χ0n) is 17.6. The van der Waals surface area contributed by atoms with Crippen LogP contribution in [0.3, 0.4) is 0 Å². The molecular weight excluding hydrogens is 419 g/mol. The van der Waals surface area contributed by atoms with E-state index in [2.05, 4.69) is 15.4 Å². The number of fused-ring (bicyclic) bond motifs is 1. The Hall–Kier alpha value is -3.17. The van der Waals surface area contributed by atoms with E-state index in [1.807, 2.05) is 38.1 Å². The van der Waals surface area contributed by atoms with E-state index in [1.165, 1.54) is 18.2 Å². The predicted octanol–water partition coefficient (Wildman–Crippen LogP) is 3.45. The highest BCUT2D eigenvalue weighted by Gasteiger charge is 2.19. The van der Waals surface area contributed by atoms with Crippen LogP contribution in [0.4, 0.5) is 20.6 Å². The van der Waals surface area contributed by atoms with Crippen LogP contribution in [0.1, 0.15) is 5.56 Å². The molecule has 0 saturated heterocycles. The molecule has 3 rings (SSSR count). The van der Waals surface area contributed by atoms with Crippen LogP contribution in [-0.2, 0) is 10.0 Å². The fourth-order valence-corrected chi connectivity index (χ4v) is 4.67. The summed E-state index contributed by atoms with van der Waals surface area (Å²) < 4.78 is 41.9. The standard InChI is InChI=1S/C22H25FN4O3S/c1-15-11-12-16-17(21(15)27(2)3)7-6-10-20(16)31(29,30)25-14-13-24-22(28)26-19-9-5-4-8-18(19)23/h4-12,25H,13-14H2,1-3H3,(H2,24,26,28). The maximum Gasteiger partial charge on any atom is 0.319 e. The Bertz CT molecular complexity index is 1210. The van der Waals surface area contributed by atoms with E-state index >= 15 is 0 Å². The highest BCUT2D eigenvalue weighted by Crippen LogP contribution is 2.32. The van der Waals surface area contributed by atoms with Crippen LogP contribution < -0.4 is 20.3 Å². The quantitative estimate of drug-likeness (QED) is 0.487. The molecule has 9 heteroatoms. The minimum atomic E-state index is -3.81. The number of amides is 2. The van der Waals surface area contributed by atoms with Crippen LogP contribution >= 0.6 is 0 Å². The number of halogens is 1. The Labute approximate surface area is 181 Å². The maximum atomic E-state index is 13.6. The number of hydrogen-bond acceptors (Lipinski definition) is 4. The van der Waals surface area contributed by atoms with Crippen molar-refractivity contribution in [2.45, 2.75) is 11.8 Å². The summed E-state index contributed by atoms with van der Waals surface area (Å²) in [7, 11) is 0.0258. The van der Waals surface area contributed by atoms with Gasteiger partial charge in [0.05, 0.1) is 10.6 Å². The van der Waals surface area contributed by atoms with E-state index in [1.54, 1.807) is 24.3 Å². The van der Waals surface area contributed by atoms with Crippen molar-refractivity contribution in [3.8, 4) is 0 Å². The Morgan fingerprint density at radius 3 is 2.42 bits per heavy atom. The third-order valence-electron chi connectivity index (χ3n) is 4.76. The molecule has 164 valence electrons. The lowest BCUT2D eigenvalue weighted by atomic mass is 10.0. The first-order chi connectivity index (χ1) is 14.7. The molecule has 0 aromatic heterocycles. The SMILES string of the molecule is Cc1ccc2c(S(=O)(=O)NCCNC(=O)Nc3ccccc3F)cccc2c1N(C)C. The normalized spacial score (nSPS) is 11.4. The van der Waals surface area contributed by atoms with Crippen molar-refractivity contribution in [2.75, 3.05) is 37.4 Å². The fourth-order valence-electron chi connectivity index (χ4n) is 3.42. The molecule has 7 nitrogen and oxygen atoms in total. The van der Waals surface area contributed by atoms with Gasteiger partial charge in [-0.15, -0.1) is 0 Å². The first kappa shape index (κ1) is 22.5. The third kappa shape index (κ3) is 5.12. The molecule has 0 atom stereocenters. The van der Waals surface area contributed by atoms with Gasteiger partial charge in [-0.3, -0.25) is 0 Å². The number of carbonyl (C=O) groups excluding carboxylic acids is 1. The molecule has 0 radical (unpaired) electrons. The highest BCUT2D eigenvalue weighted by atomic mass is 32.2. The van der Waals surface area contributed by atoms with Crippen LogP contribution in [0.15, 0.2) is 59.5 Å². The fraction of sp³-hybridized carbons (Fsp3) is 0.227. The predicted molar refractivity (Wildman–Crippen MR) is 122 cm³/mol. The molecule has 0 fully saturated rings. The number of carbonyl (C=O) groups is 1. The van der Waals surface area contributed by atoms with Crippen molar-refractivity contribution in [3.63, 3.8) is 0 Å². The van der Waals surface area contributed by atoms with E-state index in [9.17, 15) is 17.6 Å². The second-order valence-corrected chi connectivity index (χ2v) is 8.97. The largest absolute Gasteiger partial charge is 0.377 e. The Morgan fingerprint density at radius 2 is 1.71 bits per heavy atom. The van der Waals surface area contributed by atoms with Gasteiger partial charge in [-0.05, 0) is 30.7 Å². The maximum absolute atomic E-state index is 13.6. The number of rotatable bonds is 7. The summed E-state index contributed by atoms with van der Waals surface area (Å²) in [6, 6.07) is 14.0. The second-order valence-electron chi connectivity index (χ2n) is 7.24. The summed E-state index contributed by atoms with van der Waals surface area (Å²) in [6.07, 6.45) is 0. The van der Waals surface area contributed by atoms with Crippen molar-refractivity contribution in [1.29, 1.82) is 0 Å². The van der Waals surface area contributed by atoms with Gasteiger partial charge in [0.2, 0.25) is 10.0 Å². The van der Waals surface area contributed by atoms with Crippen molar-refractivity contribution in [2.24, 2.45) is 0 Å². The number of aryl methyl sites for hydroxylation is 1. The van der Waals surface area contributed by atoms with Crippen molar-refractivity contribution >= 4 is 38.2 Å². The van der Waals surface area contributed by atoms with Crippen LogP contribution in [0, 0.1) is 12.7 Å². The van der Waals surface area contributed by atoms with Crippen LogP contribution in [0.25, 0.3) is 10.8 Å². The zero-order chi connectivity index (χ0) is 22.6. The molecule has 0 bridgehead atoms. The lowest BCUT2D eigenvalue weighted by Crippen LogP contribution is -2.37. The van der Waals surface area contributed by atoms with E-state index < -0.39 is 21.9 Å². The number of hydrogen-bond donors (Lipinski definition) is 3. The molecule has 0 aliphatic carbocycles. The summed E-state index contributed by atoms with van der Waals surface area (Å²) >= 11 is 0.